The fraction of sp³-hybridized carbons (Fsp3) is 0.846. The molecule has 1 N–H and O–H groups in total. The van der Waals surface area contributed by atoms with Crippen LogP contribution in [0.25, 0.3) is 0 Å². The predicted molar refractivity (Wildman–Crippen MR) is 70.9 cm³/mol. The van der Waals surface area contributed by atoms with Crippen molar-refractivity contribution in [2.45, 2.75) is 39.3 Å². The molecule has 3 heteroatoms. The zero-order valence-corrected chi connectivity index (χ0v) is 11.3. The van der Waals surface area contributed by atoms with Crippen LogP contribution in [0.3, 0.4) is 0 Å². The van der Waals surface area contributed by atoms with Gasteiger partial charge >= 0.3 is 0 Å². The number of hydrogen-bond donors (Lipinski definition) is 1. The highest BCUT2D eigenvalue weighted by Gasteiger charge is 2.16. The van der Waals surface area contributed by atoms with E-state index in [9.17, 15) is 0 Å². The summed E-state index contributed by atoms with van der Waals surface area (Å²) < 4.78 is 5.29. The van der Waals surface area contributed by atoms with Crippen LogP contribution in [0.5, 0.6) is 0 Å². The van der Waals surface area contributed by atoms with Gasteiger partial charge in [-0.3, -0.25) is 4.90 Å². The Kier molecular flexibility index (Phi) is 9.59. The second-order valence-corrected chi connectivity index (χ2v) is 4.46. The van der Waals surface area contributed by atoms with Crippen molar-refractivity contribution >= 4 is 0 Å². The first-order valence-corrected chi connectivity index (χ1v) is 6.22. The molecule has 0 aromatic heterocycles. The molecule has 3 nitrogen and oxygen atoms in total. The maximum atomic E-state index is 5.29. The molecule has 0 aromatic carbocycles. The average Bonchev–Trinajstić information content (AvgIpc) is 2.24. The van der Waals surface area contributed by atoms with Gasteiger partial charge in [0.05, 0.1) is 6.61 Å². The van der Waals surface area contributed by atoms with Gasteiger partial charge in [0.2, 0.25) is 0 Å². The van der Waals surface area contributed by atoms with E-state index in [1.54, 1.807) is 7.11 Å². The summed E-state index contributed by atoms with van der Waals surface area (Å²) in [5, 5.41) is 3.47. The molecule has 96 valence electrons. The SMILES string of the molecule is C=CCN(CCC)C(CNC(C)C)COC. The molecule has 0 radical (unpaired) electrons. The topological polar surface area (TPSA) is 24.5 Å². The Morgan fingerprint density at radius 2 is 2.12 bits per heavy atom. The van der Waals surface area contributed by atoms with Gasteiger partial charge in [0.1, 0.15) is 0 Å². The summed E-state index contributed by atoms with van der Waals surface area (Å²) >= 11 is 0. The Balaban J connectivity index is 4.24. The molecule has 0 aliphatic heterocycles. The molecule has 16 heavy (non-hydrogen) atoms. The monoisotopic (exact) mass is 228 g/mol. The first kappa shape index (κ1) is 15.6. The lowest BCUT2D eigenvalue weighted by Crippen LogP contribution is -2.47. The Morgan fingerprint density at radius 3 is 2.56 bits per heavy atom. The molecule has 0 aromatic rings. The standard InChI is InChI=1S/C13H28N2O/c1-6-8-15(9-7-2)13(11-16-5)10-14-12(3)4/h6,12-14H,1,7-11H2,2-5H3. The zero-order valence-electron chi connectivity index (χ0n) is 11.3. The summed E-state index contributed by atoms with van der Waals surface area (Å²) in [5.74, 6) is 0. The molecule has 0 saturated carbocycles. The van der Waals surface area contributed by atoms with Crippen LogP contribution in [0.1, 0.15) is 27.2 Å². The van der Waals surface area contributed by atoms with E-state index in [0.717, 1.165) is 32.7 Å². The normalized spacial score (nSPS) is 13.4. The first-order chi connectivity index (χ1) is 7.65. The zero-order chi connectivity index (χ0) is 12.4. The molecule has 0 bridgehead atoms. The van der Waals surface area contributed by atoms with E-state index in [2.05, 4.69) is 37.6 Å². The van der Waals surface area contributed by atoms with Gasteiger partial charge in [0.15, 0.2) is 0 Å². The van der Waals surface area contributed by atoms with E-state index >= 15 is 0 Å². The largest absolute Gasteiger partial charge is 0.383 e. The molecule has 0 heterocycles. The smallest absolute Gasteiger partial charge is 0.0630 e. The van der Waals surface area contributed by atoms with Crippen molar-refractivity contribution in [1.82, 2.24) is 10.2 Å². The lowest BCUT2D eigenvalue weighted by molar-refractivity contribution is 0.0952. The Hall–Kier alpha value is -0.380. The minimum Gasteiger partial charge on any atom is -0.383 e. The summed E-state index contributed by atoms with van der Waals surface area (Å²) in [6, 6.07) is 0.955. The molecule has 0 spiro atoms. The lowest BCUT2D eigenvalue weighted by atomic mass is 10.2. The minimum absolute atomic E-state index is 0.436. The van der Waals surface area contributed by atoms with Crippen molar-refractivity contribution in [3.05, 3.63) is 12.7 Å². The number of rotatable bonds is 10. The van der Waals surface area contributed by atoms with Gasteiger partial charge in [-0.2, -0.15) is 0 Å². The van der Waals surface area contributed by atoms with Crippen LogP contribution in [0.2, 0.25) is 0 Å². The van der Waals surface area contributed by atoms with E-state index in [1.807, 2.05) is 6.08 Å². The van der Waals surface area contributed by atoms with Crippen molar-refractivity contribution in [2.75, 3.05) is 33.4 Å². The van der Waals surface area contributed by atoms with Gasteiger partial charge in [-0.25, -0.2) is 0 Å². The van der Waals surface area contributed by atoms with Gasteiger partial charge < -0.3 is 10.1 Å². The van der Waals surface area contributed by atoms with Crippen LogP contribution < -0.4 is 5.32 Å². The van der Waals surface area contributed by atoms with Gasteiger partial charge in [0.25, 0.3) is 0 Å². The van der Waals surface area contributed by atoms with Crippen molar-refractivity contribution in [1.29, 1.82) is 0 Å². The summed E-state index contributed by atoms with van der Waals surface area (Å²) in [7, 11) is 1.76. The molecule has 0 aliphatic carbocycles. The molecular formula is C13H28N2O. The minimum atomic E-state index is 0.436. The van der Waals surface area contributed by atoms with Crippen molar-refractivity contribution in [3.63, 3.8) is 0 Å². The fourth-order valence-electron chi connectivity index (χ4n) is 1.73. The average molecular weight is 228 g/mol. The third-order valence-corrected chi connectivity index (χ3v) is 2.51. The summed E-state index contributed by atoms with van der Waals surface area (Å²) in [6.45, 7) is 14.1. The highest BCUT2D eigenvalue weighted by atomic mass is 16.5. The molecule has 0 fully saturated rings. The van der Waals surface area contributed by atoms with E-state index in [4.69, 9.17) is 4.74 Å². The fourth-order valence-corrected chi connectivity index (χ4v) is 1.73. The van der Waals surface area contributed by atoms with Crippen molar-refractivity contribution in [2.24, 2.45) is 0 Å². The highest BCUT2D eigenvalue weighted by molar-refractivity contribution is 4.81. The maximum absolute atomic E-state index is 5.29. The predicted octanol–water partition coefficient (Wildman–Crippen LogP) is 1.90. The molecular weight excluding hydrogens is 200 g/mol. The number of methoxy groups -OCH3 is 1. The first-order valence-electron chi connectivity index (χ1n) is 6.22. The van der Waals surface area contributed by atoms with Crippen molar-refractivity contribution < 1.29 is 4.74 Å². The van der Waals surface area contributed by atoms with Crippen molar-refractivity contribution in [3.8, 4) is 0 Å². The molecule has 1 unspecified atom stereocenters. The number of nitrogens with zero attached hydrogens (tertiary/aromatic N) is 1. The second kappa shape index (κ2) is 9.82. The Morgan fingerprint density at radius 1 is 1.44 bits per heavy atom. The van der Waals surface area contributed by atoms with Crippen LogP contribution in [0.4, 0.5) is 0 Å². The van der Waals surface area contributed by atoms with E-state index in [-0.39, 0.29) is 0 Å². The van der Waals surface area contributed by atoms with E-state index < -0.39 is 0 Å². The van der Waals surface area contributed by atoms with Crippen LogP contribution >= 0.6 is 0 Å². The molecule has 0 aliphatic rings. The van der Waals surface area contributed by atoms with Gasteiger partial charge in [0, 0.05) is 32.3 Å². The second-order valence-electron chi connectivity index (χ2n) is 4.46. The molecule has 0 amide bonds. The molecule has 1 atom stereocenters. The maximum Gasteiger partial charge on any atom is 0.0630 e. The Bertz CT molecular complexity index is 171. The van der Waals surface area contributed by atoms with Crippen LogP contribution in [0, 0.1) is 0 Å². The Labute approximate surface area is 101 Å². The van der Waals surface area contributed by atoms with Crippen LogP contribution in [-0.4, -0.2) is 50.3 Å². The van der Waals surface area contributed by atoms with E-state index in [1.165, 1.54) is 0 Å². The van der Waals surface area contributed by atoms with Crippen LogP contribution in [0.15, 0.2) is 12.7 Å². The number of ether oxygens (including phenoxy) is 1. The summed E-state index contributed by atoms with van der Waals surface area (Å²) in [6.07, 6.45) is 3.13. The highest BCUT2D eigenvalue weighted by Crippen LogP contribution is 2.02. The molecule has 0 saturated heterocycles. The van der Waals surface area contributed by atoms with E-state index in [0.29, 0.717) is 12.1 Å². The third kappa shape index (κ3) is 6.99. The van der Waals surface area contributed by atoms with Gasteiger partial charge in [-0.1, -0.05) is 26.8 Å². The van der Waals surface area contributed by atoms with Crippen LogP contribution in [-0.2, 0) is 4.74 Å². The number of nitrogens with one attached hydrogen (secondary N) is 1. The summed E-state index contributed by atoms with van der Waals surface area (Å²) in [4.78, 5) is 2.42. The lowest BCUT2D eigenvalue weighted by Gasteiger charge is -2.31. The van der Waals surface area contributed by atoms with Gasteiger partial charge in [-0.15, -0.1) is 6.58 Å². The number of hydrogen-bond acceptors (Lipinski definition) is 3. The molecule has 0 rings (SSSR count). The van der Waals surface area contributed by atoms with Gasteiger partial charge in [-0.05, 0) is 13.0 Å². The summed E-state index contributed by atoms with van der Waals surface area (Å²) in [5.41, 5.74) is 0. The third-order valence-electron chi connectivity index (χ3n) is 2.51. The quantitative estimate of drug-likeness (QED) is 0.578.